The molecule has 4 rings (SSSR count). The Morgan fingerprint density at radius 3 is 2.20 bits per heavy atom. The Balaban J connectivity index is 1.57. The van der Waals surface area contributed by atoms with Gasteiger partial charge in [0.25, 0.3) is 5.91 Å². The molecule has 3 aromatic carbocycles. The van der Waals surface area contributed by atoms with Crippen LogP contribution in [0.4, 0.5) is 4.79 Å². The molecule has 0 aliphatic carbocycles. The van der Waals surface area contributed by atoms with Crippen LogP contribution in [0.1, 0.15) is 48.8 Å². The Hall–Kier alpha value is -5.49. The molecule has 0 radical (unpaired) electrons. The maximum absolute atomic E-state index is 13.8. The summed E-state index contributed by atoms with van der Waals surface area (Å²) in [6, 6.07) is 24.3. The number of aliphatic hydroxyl groups excluding tert-OH is 1. The fourth-order valence-corrected chi connectivity index (χ4v) is 5.19. The minimum Gasteiger partial charge on any atom is -0.497 e. The van der Waals surface area contributed by atoms with E-state index in [9.17, 15) is 24.3 Å². The molecule has 4 aromatic rings. The van der Waals surface area contributed by atoms with Gasteiger partial charge in [-0.2, -0.15) is 0 Å². The monoisotopic (exact) mass is 668 g/mol. The van der Waals surface area contributed by atoms with Crippen molar-refractivity contribution in [1.82, 2.24) is 25.8 Å². The quantitative estimate of drug-likeness (QED) is 0.137. The number of urea groups is 1. The number of aromatic nitrogens is 1. The average molecular weight is 669 g/mol. The number of primary amides is 1. The number of hydrogen-bond donors (Lipinski definition) is 5. The summed E-state index contributed by atoms with van der Waals surface area (Å²) < 4.78 is 5.25. The highest BCUT2D eigenvalue weighted by molar-refractivity contribution is 5.99. The number of rotatable bonds is 14. The fraction of sp³-hybridized carbons (Fsp3) is 0.324. The minimum absolute atomic E-state index is 0.0564. The number of para-hydroxylation sites is 1. The molecule has 6 N–H and O–H groups in total. The lowest BCUT2D eigenvalue weighted by Crippen LogP contribution is -2.57. The lowest BCUT2D eigenvalue weighted by atomic mass is 9.99. The summed E-state index contributed by atoms with van der Waals surface area (Å²) in [5.41, 5.74) is 7.18. The van der Waals surface area contributed by atoms with Crippen molar-refractivity contribution in [3.8, 4) is 5.75 Å². The Morgan fingerprint density at radius 2 is 1.55 bits per heavy atom. The van der Waals surface area contributed by atoms with E-state index >= 15 is 0 Å². The van der Waals surface area contributed by atoms with E-state index in [4.69, 9.17) is 10.5 Å². The van der Waals surface area contributed by atoms with Gasteiger partial charge in [-0.1, -0.05) is 66.7 Å². The summed E-state index contributed by atoms with van der Waals surface area (Å²) in [6.07, 6.45) is -1.56. The van der Waals surface area contributed by atoms with E-state index in [1.54, 1.807) is 37.4 Å². The van der Waals surface area contributed by atoms with Gasteiger partial charge in [-0.3, -0.25) is 14.4 Å². The number of ether oxygens (including phenoxy) is 1. The number of amides is 5. The van der Waals surface area contributed by atoms with Crippen LogP contribution in [0.2, 0.25) is 0 Å². The molecule has 3 atom stereocenters. The van der Waals surface area contributed by atoms with Gasteiger partial charge >= 0.3 is 6.03 Å². The molecule has 49 heavy (non-hydrogen) atoms. The second-order valence-corrected chi connectivity index (χ2v) is 12.9. The Labute approximate surface area is 286 Å². The SMILES string of the molecule is COc1ccc(CN(C[C@@H](O)[C@H](Cc2ccccc2)NC(=O)[C@H](CC(N)=O)NC(=O)c2ccc3ccccc3n2)C(=O)NC(C)(C)C)cc1. The largest absolute Gasteiger partial charge is 0.497 e. The molecule has 12 nitrogen and oxygen atoms in total. The zero-order chi connectivity index (χ0) is 35.6. The zero-order valence-electron chi connectivity index (χ0n) is 28.2. The number of nitrogens with two attached hydrogens (primary N) is 1. The first kappa shape index (κ1) is 36.3. The van der Waals surface area contributed by atoms with Crippen molar-refractivity contribution in [3.63, 3.8) is 0 Å². The van der Waals surface area contributed by atoms with E-state index in [0.29, 0.717) is 11.3 Å². The topological polar surface area (TPSA) is 176 Å². The number of methoxy groups -OCH3 is 1. The number of fused-ring (bicyclic) bond motifs is 1. The summed E-state index contributed by atoms with van der Waals surface area (Å²) in [5, 5.41) is 20.9. The summed E-state index contributed by atoms with van der Waals surface area (Å²) in [5.74, 6) is -1.55. The maximum atomic E-state index is 13.8. The molecule has 0 aliphatic rings. The van der Waals surface area contributed by atoms with Gasteiger partial charge in [0.2, 0.25) is 11.8 Å². The molecule has 258 valence electrons. The van der Waals surface area contributed by atoms with Gasteiger partial charge in [-0.15, -0.1) is 0 Å². The Bertz CT molecular complexity index is 1740. The number of hydrogen-bond acceptors (Lipinski definition) is 7. The number of benzene rings is 3. The van der Waals surface area contributed by atoms with Crippen LogP contribution >= 0.6 is 0 Å². The highest BCUT2D eigenvalue weighted by atomic mass is 16.5. The first-order valence-corrected chi connectivity index (χ1v) is 16.0. The fourth-order valence-electron chi connectivity index (χ4n) is 5.19. The Kier molecular flexibility index (Phi) is 12.3. The van der Waals surface area contributed by atoms with Gasteiger partial charge < -0.3 is 36.4 Å². The van der Waals surface area contributed by atoms with Crippen molar-refractivity contribution in [1.29, 1.82) is 0 Å². The average Bonchev–Trinajstić information content (AvgIpc) is 3.06. The number of nitrogens with zero attached hydrogens (tertiary/aromatic N) is 2. The Morgan fingerprint density at radius 1 is 0.878 bits per heavy atom. The third-order valence-electron chi connectivity index (χ3n) is 7.66. The van der Waals surface area contributed by atoms with E-state index in [1.807, 2.05) is 75.4 Å². The van der Waals surface area contributed by atoms with E-state index < -0.39 is 53.9 Å². The summed E-state index contributed by atoms with van der Waals surface area (Å²) >= 11 is 0. The summed E-state index contributed by atoms with van der Waals surface area (Å²) in [4.78, 5) is 58.3. The van der Waals surface area contributed by atoms with Crippen LogP contribution < -0.4 is 26.4 Å². The second kappa shape index (κ2) is 16.6. The number of nitrogens with one attached hydrogen (secondary N) is 3. The first-order valence-electron chi connectivity index (χ1n) is 16.0. The van der Waals surface area contributed by atoms with Crippen LogP contribution in [-0.2, 0) is 22.6 Å². The standard InChI is InChI=1S/C37H44N6O6/c1-37(2,3)42-36(48)43(22-25-14-17-27(49-4)18-15-25)23-32(44)30(20-24-10-6-5-7-11-24)40-35(47)31(21-33(38)45)41-34(46)29-19-16-26-12-8-9-13-28(26)39-29/h5-19,30-32,44H,20-23H2,1-4H3,(H2,38,45)(H,40,47)(H,41,46)(H,42,48)/t30-,31-,32+/m0/s1. The summed E-state index contributed by atoms with van der Waals surface area (Å²) in [6.45, 7) is 5.57. The van der Waals surface area contributed by atoms with Crippen LogP contribution in [-0.4, -0.2) is 76.1 Å². The van der Waals surface area contributed by atoms with Gasteiger partial charge in [0, 0.05) is 17.5 Å². The molecule has 0 fully saturated rings. The molecule has 0 spiro atoms. The highest BCUT2D eigenvalue weighted by Gasteiger charge is 2.31. The lowest BCUT2D eigenvalue weighted by molar-refractivity contribution is -0.128. The third-order valence-corrected chi connectivity index (χ3v) is 7.66. The van der Waals surface area contributed by atoms with E-state index in [0.717, 1.165) is 16.5 Å². The number of carbonyl (C=O) groups excluding carboxylic acids is 4. The van der Waals surface area contributed by atoms with Crippen molar-refractivity contribution in [3.05, 3.63) is 108 Å². The molecule has 0 saturated heterocycles. The van der Waals surface area contributed by atoms with Crippen molar-refractivity contribution in [2.45, 2.75) is 63.9 Å². The smallest absolute Gasteiger partial charge is 0.318 e. The summed E-state index contributed by atoms with van der Waals surface area (Å²) in [7, 11) is 1.56. The van der Waals surface area contributed by atoms with Crippen molar-refractivity contribution >= 4 is 34.7 Å². The molecule has 0 aliphatic heterocycles. The van der Waals surface area contributed by atoms with Gasteiger partial charge in [-0.05, 0) is 62.6 Å². The number of aliphatic hydroxyl groups is 1. The molecule has 1 heterocycles. The van der Waals surface area contributed by atoms with Crippen LogP contribution in [0.5, 0.6) is 5.75 Å². The van der Waals surface area contributed by atoms with E-state index in [-0.39, 0.29) is 25.2 Å². The minimum atomic E-state index is -1.36. The normalized spacial score (nSPS) is 13.1. The van der Waals surface area contributed by atoms with E-state index in [1.165, 1.54) is 11.0 Å². The van der Waals surface area contributed by atoms with Gasteiger partial charge in [0.1, 0.15) is 17.5 Å². The zero-order valence-corrected chi connectivity index (χ0v) is 28.2. The molecular weight excluding hydrogens is 624 g/mol. The molecular formula is C37H44N6O6. The van der Waals surface area contributed by atoms with Crippen molar-refractivity contribution in [2.75, 3.05) is 13.7 Å². The molecule has 0 saturated carbocycles. The van der Waals surface area contributed by atoms with Crippen LogP contribution in [0.3, 0.4) is 0 Å². The maximum Gasteiger partial charge on any atom is 0.318 e. The van der Waals surface area contributed by atoms with E-state index in [2.05, 4.69) is 20.9 Å². The molecule has 5 amide bonds. The van der Waals surface area contributed by atoms with Crippen molar-refractivity contribution in [2.24, 2.45) is 5.73 Å². The van der Waals surface area contributed by atoms with Gasteiger partial charge in [0.15, 0.2) is 0 Å². The van der Waals surface area contributed by atoms with Crippen LogP contribution in [0, 0.1) is 0 Å². The van der Waals surface area contributed by atoms with Crippen LogP contribution in [0.25, 0.3) is 10.9 Å². The molecule has 12 heteroatoms. The highest BCUT2D eigenvalue weighted by Crippen LogP contribution is 2.17. The third kappa shape index (κ3) is 11.0. The predicted molar refractivity (Wildman–Crippen MR) is 187 cm³/mol. The molecule has 1 aromatic heterocycles. The number of carbonyl (C=O) groups is 4. The molecule has 0 bridgehead atoms. The van der Waals surface area contributed by atoms with Crippen molar-refractivity contribution < 1.29 is 29.0 Å². The lowest BCUT2D eigenvalue weighted by Gasteiger charge is -2.33. The predicted octanol–water partition coefficient (Wildman–Crippen LogP) is 3.32. The van der Waals surface area contributed by atoms with Crippen LogP contribution in [0.15, 0.2) is 91.0 Å². The van der Waals surface area contributed by atoms with Gasteiger partial charge in [0.05, 0.1) is 37.7 Å². The van der Waals surface area contributed by atoms with Gasteiger partial charge in [-0.25, -0.2) is 9.78 Å². The number of pyridine rings is 1. The molecule has 0 unspecified atom stereocenters. The first-order chi connectivity index (χ1) is 23.3. The second-order valence-electron chi connectivity index (χ2n) is 12.9.